The van der Waals surface area contributed by atoms with E-state index in [9.17, 15) is 4.21 Å². The summed E-state index contributed by atoms with van der Waals surface area (Å²) in [6.07, 6.45) is 3.49. The van der Waals surface area contributed by atoms with E-state index < -0.39 is 9.52 Å². The average molecular weight is 189 g/mol. The van der Waals surface area contributed by atoms with E-state index in [1.54, 1.807) is 11.7 Å². The van der Waals surface area contributed by atoms with Crippen molar-refractivity contribution in [2.24, 2.45) is 0 Å². The van der Waals surface area contributed by atoms with Crippen LogP contribution < -0.4 is 5.32 Å². The second-order valence-corrected chi connectivity index (χ2v) is 6.49. The lowest BCUT2D eigenvalue weighted by Gasteiger charge is -2.18. The van der Waals surface area contributed by atoms with Crippen LogP contribution in [0.5, 0.6) is 0 Å². The molecule has 0 bridgehead atoms. The minimum Gasteiger partial charge on any atom is -0.309 e. The predicted octanol–water partition coefficient (Wildman–Crippen LogP) is 1.23. The van der Waals surface area contributed by atoms with E-state index in [1.807, 2.05) is 6.08 Å². The van der Waals surface area contributed by atoms with E-state index in [2.05, 4.69) is 32.0 Å². The molecule has 1 N–H and O–H groups in total. The van der Waals surface area contributed by atoms with Crippen molar-refractivity contribution in [2.45, 2.75) is 26.3 Å². The van der Waals surface area contributed by atoms with Crippen molar-refractivity contribution in [1.29, 1.82) is 0 Å². The van der Waals surface area contributed by atoms with Gasteiger partial charge in [0.15, 0.2) is 0 Å². The molecule has 0 heterocycles. The smallest absolute Gasteiger partial charge is 0.0148 e. The molecule has 0 aromatic carbocycles. The molecule has 1 unspecified atom stereocenters. The van der Waals surface area contributed by atoms with Gasteiger partial charge < -0.3 is 5.32 Å². The van der Waals surface area contributed by atoms with Gasteiger partial charge in [0.1, 0.15) is 0 Å². The van der Waals surface area contributed by atoms with E-state index >= 15 is 0 Å². The number of hydrogen-bond donors (Lipinski definition) is 1. The van der Waals surface area contributed by atoms with E-state index in [1.165, 1.54) is 0 Å². The minimum absolute atomic E-state index is 0.111. The summed E-state index contributed by atoms with van der Waals surface area (Å²) in [5.74, 6) is 3.52. The van der Waals surface area contributed by atoms with Gasteiger partial charge in [-0.2, -0.15) is 0 Å². The van der Waals surface area contributed by atoms with Crippen LogP contribution in [0, 0.1) is 0 Å². The lowest BCUT2D eigenvalue weighted by molar-refractivity contribution is 0.449. The molecule has 12 heavy (non-hydrogen) atoms. The topological polar surface area (TPSA) is 29.1 Å². The molecule has 0 amide bonds. The third-order valence-corrected chi connectivity index (χ3v) is 1.90. The zero-order chi connectivity index (χ0) is 9.83. The monoisotopic (exact) mass is 189 g/mol. The first-order chi connectivity index (χ1) is 5.21. The zero-order valence-corrected chi connectivity index (χ0v) is 9.20. The molecular weight excluding hydrogens is 170 g/mol. The van der Waals surface area contributed by atoms with Gasteiger partial charge >= 0.3 is 0 Å². The van der Waals surface area contributed by atoms with Gasteiger partial charge in [0.05, 0.1) is 0 Å². The SMILES string of the molecule is C=S(C)(=O)/C=C/CNC(C)(C)C. The van der Waals surface area contributed by atoms with Crippen LogP contribution in [0.15, 0.2) is 11.5 Å². The third-order valence-electron chi connectivity index (χ3n) is 1.13. The Balaban J connectivity index is 3.80. The van der Waals surface area contributed by atoms with Crippen molar-refractivity contribution >= 4 is 15.4 Å². The Morgan fingerprint density at radius 2 is 2.00 bits per heavy atom. The summed E-state index contributed by atoms with van der Waals surface area (Å²) >= 11 is 0. The molecule has 0 fully saturated rings. The molecule has 0 rings (SSSR count). The van der Waals surface area contributed by atoms with Gasteiger partial charge in [-0.25, -0.2) is 0 Å². The van der Waals surface area contributed by atoms with E-state index in [-0.39, 0.29) is 5.54 Å². The van der Waals surface area contributed by atoms with Gasteiger partial charge in [0.25, 0.3) is 0 Å². The third kappa shape index (κ3) is 9.72. The maximum atomic E-state index is 11.1. The average Bonchev–Trinajstić information content (AvgIpc) is 1.76. The number of rotatable bonds is 3. The summed E-state index contributed by atoms with van der Waals surface area (Å²) in [6, 6.07) is 0. The highest BCUT2D eigenvalue weighted by atomic mass is 32.2. The Morgan fingerprint density at radius 1 is 1.50 bits per heavy atom. The molecule has 0 saturated heterocycles. The fourth-order valence-electron chi connectivity index (χ4n) is 0.617. The highest BCUT2D eigenvalue weighted by Crippen LogP contribution is 1.97. The first-order valence-corrected chi connectivity index (χ1v) is 6.14. The number of hydrogen-bond acceptors (Lipinski definition) is 2. The molecule has 2 nitrogen and oxygen atoms in total. The molecule has 72 valence electrons. The first kappa shape index (κ1) is 11.7. The van der Waals surface area contributed by atoms with Crippen LogP contribution in [0.2, 0.25) is 0 Å². The van der Waals surface area contributed by atoms with Crippen molar-refractivity contribution in [2.75, 3.05) is 12.8 Å². The Hall–Kier alpha value is -0.280. The Morgan fingerprint density at radius 3 is 2.33 bits per heavy atom. The molecule has 3 heteroatoms. The Labute approximate surface area is 76.1 Å². The molecular formula is C9H19NOS. The molecule has 0 aromatic rings. The normalized spacial score (nSPS) is 18.0. The lowest BCUT2D eigenvalue weighted by Crippen LogP contribution is -2.35. The molecule has 0 aliphatic carbocycles. The summed E-state index contributed by atoms with van der Waals surface area (Å²) in [5, 5.41) is 4.91. The highest BCUT2D eigenvalue weighted by Gasteiger charge is 2.05. The van der Waals surface area contributed by atoms with Crippen LogP contribution in [0.3, 0.4) is 0 Å². The summed E-state index contributed by atoms with van der Waals surface area (Å²) in [7, 11) is -1.96. The maximum Gasteiger partial charge on any atom is 0.0148 e. The highest BCUT2D eigenvalue weighted by molar-refractivity contribution is 8.02. The molecule has 0 radical (unpaired) electrons. The molecule has 0 aromatic heterocycles. The van der Waals surface area contributed by atoms with Crippen LogP contribution in [0.4, 0.5) is 0 Å². The second kappa shape index (κ2) is 4.10. The van der Waals surface area contributed by atoms with Crippen molar-refractivity contribution < 1.29 is 4.21 Å². The molecule has 1 atom stereocenters. The zero-order valence-electron chi connectivity index (χ0n) is 8.39. The summed E-state index contributed by atoms with van der Waals surface area (Å²) in [6.45, 7) is 7.01. The van der Waals surface area contributed by atoms with Gasteiger partial charge in [0, 0.05) is 18.3 Å². The minimum atomic E-state index is -1.96. The molecule has 0 aliphatic heterocycles. The predicted molar refractivity (Wildman–Crippen MR) is 58.1 cm³/mol. The Kier molecular flexibility index (Phi) is 4.00. The van der Waals surface area contributed by atoms with Crippen LogP contribution in [0.25, 0.3) is 0 Å². The lowest BCUT2D eigenvalue weighted by atomic mass is 10.1. The van der Waals surface area contributed by atoms with Crippen molar-refractivity contribution in [3.63, 3.8) is 0 Å². The van der Waals surface area contributed by atoms with Crippen molar-refractivity contribution in [3.8, 4) is 0 Å². The van der Waals surface area contributed by atoms with E-state index in [0.717, 1.165) is 6.54 Å². The fraction of sp³-hybridized carbons (Fsp3) is 0.667. The van der Waals surface area contributed by atoms with Gasteiger partial charge in [0.2, 0.25) is 0 Å². The fourth-order valence-corrected chi connectivity index (χ4v) is 1.12. The van der Waals surface area contributed by atoms with Crippen molar-refractivity contribution in [3.05, 3.63) is 11.5 Å². The van der Waals surface area contributed by atoms with E-state index in [0.29, 0.717) is 0 Å². The summed E-state index contributed by atoms with van der Waals surface area (Å²) in [4.78, 5) is 0. The molecule has 0 aliphatic rings. The second-order valence-electron chi connectivity index (χ2n) is 4.07. The van der Waals surface area contributed by atoms with Crippen LogP contribution in [0.1, 0.15) is 20.8 Å². The quantitative estimate of drug-likeness (QED) is 0.677. The summed E-state index contributed by atoms with van der Waals surface area (Å²) < 4.78 is 11.1. The van der Waals surface area contributed by atoms with Crippen LogP contribution in [-0.4, -0.2) is 28.4 Å². The van der Waals surface area contributed by atoms with Gasteiger partial charge in [-0.3, -0.25) is 4.21 Å². The standard InChI is InChI=1S/C9H19NOS/c1-9(2,3)10-7-6-8-12(4,5)11/h6,8,10H,4,7H2,1-3,5H3/b8-6+. The van der Waals surface area contributed by atoms with Crippen LogP contribution in [-0.2, 0) is 9.52 Å². The van der Waals surface area contributed by atoms with Crippen molar-refractivity contribution in [1.82, 2.24) is 5.32 Å². The van der Waals surface area contributed by atoms with E-state index in [4.69, 9.17) is 0 Å². The Bertz CT molecular complexity index is 244. The van der Waals surface area contributed by atoms with Gasteiger partial charge in [-0.1, -0.05) is 6.08 Å². The molecule has 0 saturated carbocycles. The van der Waals surface area contributed by atoms with Gasteiger partial charge in [-0.05, 0) is 41.6 Å². The summed E-state index contributed by atoms with van der Waals surface area (Å²) in [5.41, 5.74) is 0.111. The van der Waals surface area contributed by atoms with Crippen LogP contribution >= 0.6 is 0 Å². The maximum absolute atomic E-state index is 11.1. The number of nitrogens with one attached hydrogen (secondary N) is 1. The largest absolute Gasteiger partial charge is 0.309 e. The molecule has 0 spiro atoms. The van der Waals surface area contributed by atoms with Gasteiger partial charge in [-0.15, -0.1) is 0 Å². The first-order valence-electron chi connectivity index (χ1n) is 3.94.